The molecule has 3 aromatic rings. The maximum absolute atomic E-state index is 12.9. The molecular weight excluding hydrogens is 574 g/mol. The first-order valence-electron chi connectivity index (χ1n) is 15.5. The fourth-order valence-corrected chi connectivity index (χ4v) is 5.75. The number of likely N-dealkylation sites (tertiary alicyclic amines) is 1. The Morgan fingerprint density at radius 3 is 2.04 bits per heavy atom. The van der Waals surface area contributed by atoms with Crippen LogP contribution in [0.4, 0.5) is 28.1 Å². The van der Waals surface area contributed by atoms with Gasteiger partial charge in [-0.1, -0.05) is 0 Å². The molecule has 0 spiro atoms. The van der Waals surface area contributed by atoms with Gasteiger partial charge in [-0.25, -0.2) is 4.79 Å². The first-order chi connectivity index (χ1) is 21.8. The highest BCUT2D eigenvalue weighted by molar-refractivity contribution is 6.00. The molecule has 4 heterocycles. The molecule has 1 aromatic heterocycles. The zero-order valence-corrected chi connectivity index (χ0v) is 26.1. The highest BCUT2D eigenvalue weighted by Crippen LogP contribution is 2.25. The predicted molar refractivity (Wildman–Crippen MR) is 173 cm³/mol. The van der Waals surface area contributed by atoms with E-state index < -0.39 is 0 Å². The van der Waals surface area contributed by atoms with Gasteiger partial charge in [-0.3, -0.25) is 4.79 Å². The van der Waals surface area contributed by atoms with Crippen molar-refractivity contribution in [3.8, 4) is 11.4 Å². The topological polar surface area (TPSA) is 128 Å². The Morgan fingerprint density at radius 1 is 0.800 bits per heavy atom. The van der Waals surface area contributed by atoms with Crippen LogP contribution in [-0.4, -0.2) is 122 Å². The second-order valence-electron chi connectivity index (χ2n) is 11.9. The van der Waals surface area contributed by atoms with Crippen LogP contribution in [0.5, 0.6) is 0 Å². The van der Waals surface area contributed by atoms with Crippen LogP contribution in [0.15, 0.2) is 48.5 Å². The van der Waals surface area contributed by atoms with Crippen molar-refractivity contribution in [3.63, 3.8) is 0 Å². The third kappa shape index (κ3) is 7.49. The van der Waals surface area contributed by atoms with Crippen LogP contribution < -0.4 is 20.4 Å². The monoisotopic (exact) mass is 615 g/mol. The van der Waals surface area contributed by atoms with Crippen molar-refractivity contribution in [2.75, 3.05) is 93.6 Å². The van der Waals surface area contributed by atoms with Crippen molar-refractivity contribution >= 4 is 35.2 Å². The highest BCUT2D eigenvalue weighted by Gasteiger charge is 2.28. The Morgan fingerprint density at radius 2 is 1.42 bits per heavy atom. The van der Waals surface area contributed by atoms with Crippen molar-refractivity contribution in [2.45, 2.75) is 25.5 Å². The molecule has 13 nitrogen and oxygen atoms in total. The van der Waals surface area contributed by atoms with Gasteiger partial charge in [-0.2, -0.15) is 15.0 Å². The van der Waals surface area contributed by atoms with Gasteiger partial charge in [0, 0.05) is 67.8 Å². The van der Waals surface area contributed by atoms with Crippen molar-refractivity contribution < 1.29 is 19.1 Å². The lowest BCUT2D eigenvalue weighted by atomic mass is 10.2. The van der Waals surface area contributed by atoms with Gasteiger partial charge in [0.1, 0.15) is 0 Å². The summed E-state index contributed by atoms with van der Waals surface area (Å²) >= 11 is 0. The van der Waals surface area contributed by atoms with E-state index in [4.69, 9.17) is 24.4 Å². The SMILES string of the molecule is CC1CN(c2nc(-c3ccc(NC(=O)Nc4ccc(C(=O)N5CCC(N(C)C)C5)cc4)cc3)nc(N3CCOCC3)n2)CCO1. The number of carbonyl (C=O) groups is 2. The second kappa shape index (κ2) is 13.8. The molecule has 3 amide bonds. The van der Waals surface area contributed by atoms with Crippen molar-refractivity contribution in [1.82, 2.24) is 24.8 Å². The molecule has 2 aromatic carbocycles. The van der Waals surface area contributed by atoms with E-state index in [-0.39, 0.29) is 18.0 Å². The lowest BCUT2D eigenvalue weighted by Gasteiger charge is -2.32. The number of urea groups is 1. The molecule has 3 aliphatic rings. The summed E-state index contributed by atoms with van der Waals surface area (Å²) < 4.78 is 11.2. The normalized spacial score (nSPS) is 20.4. The number of anilines is 4. The number of rotatable bonds is 7. The molecule has 2 unspecified atom stereocenters. The van der Waals surface area contributed by atoms with E-state index >= 15 is 0 Å². The maximum atomic E-state index is 12.9. The maximum Gasteiger partial charge on any atom is 0.323 e. The van der Waals surface area contributed by atoms with E-state index in [0.29, 0.717) is 73.6 Å². The van der Waals surface area contributed by atoms with Gasteiger partial charge in [-0.15, -0.1) is 0 Å². The molecule has 3 saturated heterocycles. The number of hydrogen-bond donors (Lipinski definition) is 2. The summed E-state index contributed by atoms with van der Waals surface area (Å²) in [6.07, 6.45) is 1.06. The molecule has 2 atom stereocenters. The number of amides is 3. The zero-order valence-electron chi connectivity index (χ0n) is 26.1. The van der Waals surface area contributed by atoms with Crippen LogP contribution in [0.1, 0.15) is 23.7 Å². The second-order valence-corrected chi connectivity index (χ2v) is 11.9. The van der Waals surface area contributed by atoms with Gasteiger partial charge in [0.25, 0.3) is 5.91 Å². The number of nitrogens with one attached hydrogen (secondary N) is 2. The van der Waals surface area contributed by atoms with Crippen LogP contribution in [0.25, 0.3) is 11.4 Å². The van der Waals surface area contributed by atoms with Crippen molar-refractivity contribution in [2.24, 2.45) is 0 Å². The molecule has 238 valence electrons. The molecule has 0 bridgehead atoms. The van der Waals surface area contributed by atoms with Gasteiger partial charge in [0.2, 0.25) is 11.9 Å². The third-order valence-corrected chi connectivity index (χ3v) is 8.40. The summed E-state index contributed by atoms with van der Waals surface area (Å²) in [6, 6.07) is 14.4. The Hall–Kier alpha value is -4.33. The van der Waals surface area contributed by atoms with E-state index in [0.717, 1.165) is 38.2 Å². The number of hydrogen-bond acceptors (Lipinski definition) is 10. The Balaban J connectivity index is 1.10. The summed E-state index contributed by atoms with van der Waals surface area (Å²) in [5, 5.41) is 5.71. The minimum Gasteiger partial charge on any atom is -0.378 e. The molecule has 13 heteroatoms. The molecule has 0 saturated carbocycles. The molecule has 3 aliphatic heterocycles. The lowest BCUT2D eigenvalue weighted by molar-refractivity contribution is 0.0526. The molecule has 0 radical (unpaired) electrons. The molecule has 2 N–H and O–H groups in total. The quantitative estimate of drug-likeness (QED) is 0.409. The molecule has 6 rings (SSSR count). The number of morpholine rings is 2. The summed E-state index contributed by atoms with van der Waals surface area (Å²) in [6.45, 7) is 8.26. The fourth-order valence-electron chi connectivity index (χ4n) is 5.75. The van der Waals surface area contributed by atoms with Gasteiger partial charge in [0.15, 0.2) is 5.82 Å². The van der Waals surface area contributed by atoms with Crippen molar-refractivity contribution in [1.29, 1.82) is 0 Å². The van der Waals surface area contributed by atoms with Gasteiger partial charge >= 0.3 is 6.03 Å². The largest absolute Gasteiger partial charge is 0.378 e. The first kappa shape index (κ1) is 30.7. The minimum atomic E-state index is -0.381. The van der Waals surface area contributed by atoms with Crippen LogP contribution in [-0.2, 0) is 9.47 Å². The Kier molecular flexibility index (Phi) is 9.38. The van der Waals surface area contributed by atoms with E-state index in [9.17, 15) is 9.59 Å². The number of likely N-dealkylation sites (N-methyl/N-ethyl adjacent to an activating group) is 1. The average Bonchev–Trinajstić information content (AvgIpc) is 3.56. The highest BCUT2D eigenvalue weighted by atomic mass is 16.5. The van der Waals surface area contributed by atoms with Crippen molar-refractivity contribution in [3.05, 3.63) is 54.1 Å². The Labute approximate surface area is 263 Å². The van der Waals surface area contributed by atoms with Crippen LogP contribution in [0.2, 0.25) is 0 Å². The standard InChI is InChI=1S/C32H41N9O4/c1-22-20-41(16-19-45-22)31-36-28(35-30(37-31)39-14-17-44-18-15-39)23-4-8-25(9-5-23)33-32(43)34-26-10-6-24(7-11-26)29(42)40-13-12-27(21-40)38(2)3/h4-11,22,27H,12-21H2,1-3H3,(H2,33,34,43). The van der Waals surface area contributed by atoms with Gasteiger partial charge in [-0.05, 0) is 76.0 Å². The number of aromatic nitrogens is 3. The smallest absolute Gasteiger partial charge is 0.323 e. The number of carbonyl (C=O) groups excluding carboxylic acids is 2. The van der Waals surface area contributed by atoms with E-state index in [2.05, 4.69) is 25.3 Å². The summed E-state index contributed by atoms with van der Waals surface area (Å²) in [7, 11) is 4.08. The lowest BCUT2D eigenvalue weighted by Crippen LogP contribution is -2.43. The van der Waals surface area contributed by atoms with Gasteiger partial charge < -0.3 is 39.7 Å². The summed E-state index contributed by atoms with van der Waals surface area (Å²) in [5.41, 5.74) is 2.64. The summed E-state index contributed by atoms with van der Waals surface area (Å²) in [5.74, 6) is 1.84. The molecule has 3 fully saturated rings. The van der Waals surface area contributed by atoms with E-state index in [1.165, 1.54) is 0 Å². The first-order valence-corrected chi connectivity index (χ1v) is 15.5. The molecule has 0 aliphatic carbocycles. The zero-order chi connectivity index (χ0) is 31.3. The van der Waals surface area contributed by atoms with Gasteiger partial charge in [0.05, 0.1) is 25.9 Å². The third-order valence-electron chi connectivity index (χ3n) is 8.40. The number of ether oxygens (including phenoxy) is 2. The predicted octanol–water partition coefficient (Wildman–Crippen LogP) is 3.02. The molecular formula is C32H41N9O4. The minimum absolute atomic E-state index is 0.0114. The van der Waals surface area contributed by atoms with Crippen LogP contribution in [0.3, 0.4) is 0 Å². The van der Waals surface area contributed by atoms with E-state index in [1.54, 1.807) is 24.3 Å². The number of benzene rings is 2. The summed E-state index contributed by atoms with van der Waals surface area (Å²) in [4.78, 5) is 48.4. The fraction of sp³-hybridized carbons (Fsp3) is 0.469. The molecule has 45 heavy (non-hydrogen) atoms. The van der Waals surface area contributed by atoms with Crippen LogP contribution >= 0.6 is 0 Å². The van der Waals surface area contributed by atoms with Crippen LogP contribution in [0, 0.1) is 0 Å². The average molecular weight is 616 g/mol. The Bertz CT molecular complexity index is 1480. The number of nitrogens with zero attached hydrogens (tertiary/aromatic N) is 7. The van der Waals surface area contributed by atoms with E-state index in [1.807, 2.05) is 50.2 Å².